The molecule has 0 aromatic rings. The van der Waals surface area contributed by atoms with Crippen LogP contribution in [0, 0.1) is 12.3 Å². The molecule has 0 spiro atoms. The fourth-order valence-electron chi connectivity index (χ4n) is 0.0582. The third-order valence-corrected chi connectivity index (χ3v) is 2.46. The van der Waals surface area contributed by atoms with Gasteiger partial charge in [-0.05, 0) is 0 Å². The fraction of sp³-hybridized carbons (Fsp3) is 0.333. The average molecular weight is 230 g/mol. The Balaban J connectivity index is 3.63. The van der Waals surface area contributed by atoms with E-state index < -0.39 is 14.3 Å². The minimum Gasteiger partial charge on any atom is -0.305 e. The summed E-state index contributed by atoms with van der Waals surface area (Å²) in [5, 5.41) is 0. The lowest BCUT2D eigenvalue weighted by Crippen LogP contribution is -2.00. The van der Waals surface area contributed by atoms with Crippen LogP contribution in [-0.4, -0.2) is 12.0 Å². The number of rotatable bonds is 1. The zero-order valence-corrected chi connectivity index (χ0v) is 6.27. The lowest BCUT2D eigenvalue weighted by Gasteiger charge is -1.88. The van der Waals surface area contributed by atoms with Gasteiger partial charge < -0.3 is 4.55 Å². The van der Waals surface area contributed by atoms with Crippen LogP contribution in [-0.2, 0) is 11.1 Å². The number of alkyl halides is 1. The highest BCUT2D eigenvalue weighted by Crippen LogP contribution is 1.99. The lowest BCUT2D eigenvalue weighted by molar-refractivity contribution is 0.567. The molecule has 0 aromatic heterocycles. The molecule has 7 heavy (non-hydrogen) atoms. The molecule has 0 aliphatic rings. The summed E-state index contributed by atoms with van der Waals surface area (Å²) < 4.78 is 17.5. The molecule has 2 unspecified atom stereocenters. The Hall–Kier alpha value is 0.400. The van der Waals surface area contributed by atoms with Crippen molar-refractivity contribution in [3.05, 3.63) is 0 Å². The lowest BCUT2D eigenvalue weighted by atomic mass is 10.8. The molecule has 0 bridgehead atoms. The van der Waals surface area contributed by atoms with Crippen molar-refractivity contribution in [2.24, 2.45) is 0 Å². The molecular weight excluding hydrogens is 227 g/mol. The predicted octanol–water partition coefficient (Wildman–Crippen LogP) is 0.602. The summed E-state index contributed by atoms with van der Waals surface area (Å²) in [4.78, 5) is 0. The third-order valence-electron chi connectivity index (χ3n) is 0.308. The number of hydrogen-bond donors (Lipinski definition) is 1. The van der Waals surface area contributed by atoms with E-state index in [-0.39, 0.29) is 0 Å². The highest BCUT2D eigenvalue weighted by molar-refractivity contribution is 14.1. The van der Waals surface area contributed by atoms with Crippen molar-refractivity contribution in [3.63, 3.8) is 0 Å². The molecule has 0 aliphatic heterocycles. The zero-order chi connectivity index (χ0) is 5.86. The van der Waals surface area contributed by atoms with Gasteiger partial charge in [-0.3, -0.25) is 0 Å². The van der Waals surface area contributed by atoms with Crippen LogP contribution < -0.4 is 0 Å². The highest BCUT2D eigenvalue weighted by atomic mass is 127. The Kier molecular flexibility index (Phi) is 3.60. The molecule has 0 saturated heterocycles. The fourth-order valence-corrected chi connectivity index (χ4v) is 0.175. The molecule has 0 heterocycles. The molecule has 0 amide bonds. The average Bonchev–Trinajstić information content (AvgIpc) is 1.65. The molecule has 1 N–H and O–H groups in total. The second-order valence-corrected chi connectivity index (χ2v) is 3.87. The zero-order valence-electron chi connectivity index (χ0n) is 3.30. The van der Waals surface area contributed by atoms with E-state index in [0.29, 0.717) is 0 Å². The number of terminal acetylenes is 1. The molecule has 0 radical (unpaired) electrons. The van der Waals surface area contributed by atoms with Crippen molar-refractivity contribution in [2.45, 2.75) is 3.26 Å². The summed E-state index contributed by atoms with van der Waals surface area (Å²) in [5.74, 6) is 2.10. The first-order valence-electron chi connectivity index (χ1n) is 1.38. The van der Waals surface area contributed by atoms with Crippen molar-refractivity contribution in [1.29, 1.82) is 0 Å². The van der Waals surface area contributed by atoms with Crippen molar-refractivity contribution in [2.75, 3.05) is 0 Å². The minimum atomic E-state index is -1.86. The largest absolute Gasteiger partial charge is 0.305 e. The minimum absolute atomic E-state index is 0.572. The van der Waals surface area contributed by atoms with Crippen molar-refractivity contribution >= 4 is 33.7 Å². The Labute approximate surface area is 58.1 Å². The van der Waals surface area contributed by atoms with Gasteiger partial charge >= 0.3 is 0 Å². The van der Waals surface area contributed by atoms with Crippen LogP contribution in [0.15, 0.2) is 0 Å². The Morgan fingerprint density at radius 3 is 2.43 bits per heavy atom. The maximum absolute atomic E-state index is 9.89. The normalized spacial score (nSPS) is 17.3. The molecule has 0 fully saturated rings. The summed E-state index contributed by atoms with van der Waals surface area (Å²) in [7, 11) is 0. The topological polar surface area (TPSA) is 37.3 Å². The van der Waals surface area contributed by atoms with E-state index in [1.807, 2.05) is 0 Å². The van der Waals surface area contributed by atoms with Gasteiger partial charge in [0, 0.05) is 0 Å². The first-order valence-corrected chi connectivity index (χ1v) is 3.80. The number of hydrogen-bond acceptors (Lipinski definition) is 1. The van der Waals surface area contributed by atoms with E-state index in [0.717, 1.165) is 0 Å². The standard InChI is InChI=1S/C3H3IO2S/c1-2-3(4)7(5)6/h1,3H,(H,5,6). The molecular formula is C3H3IO2S. The highest BCUT2D eigenvalue weighted by Gasteiger charge is 2.02. The van der Waals surface area contributed by atoms with Gasteiger partial charge in [0.1, 0.15) is 0 Å². The van der Waals surface area contributed by atoms with E-state index in [2.05, 4.69) is 5.92 Å². The van der Waals surface area contributed by atoms with Gasteiger partial charge in [0.05, 0.1) is 0 Å². The second kappa shape index (κ2) is 3.41. The first kappa shape index (κ1) is 7.40. The summed E-state index contributed by atoms with van der Waals surface area (Å²) in [5.41, 5.74) is 0. The number of halogens is 1. The van der Waals surface area contributed by atoms with Crippen molar-refractivity contribution in [1.82, 2.24) is 0 Å². The molecule has 4 heteroatoms. The van der Waals surface area contributed by atoms with Gasteiger partial charge in [0.15, 0.2) is 14.3 Å². The van der Waals surface area contributed by atoms with E-state index >= 15 is 0 Å². The van der Waals surface area contributed by atoms with Gasteiger partial charge in [-0.2, -0.15) is 0 Å². The smallest absolute Gasteiger partial charge is 0.178 e. The molecule has 0 aromatic carbocycles. The van der Waals surface area contributed by atoms with E-state index in [1.165, 1.54) is 0 Å². The molecule has 2 nitrogen and oxygen atoms in total. The third kappa shape index (κ3) is 3.02. The molecule has 0 aliphatic carbocycles. The van der Waals surface area contributed by atoms with Crippen molar-refractivity contribution < 1.29 is 8.76 Å². The van der Waals surface area contributed by atoms with Crippen LogP contribution in [0.3, 0.4) is 0 Å². The molecule has 2 atom stereocenters. The summed E-state index contributed by atoms with van der Waals surface area (Å²) in [6, 6.07) is 0. The van der Waals surface area contributed by atoms with Crippen LogP contribution in [0.5, 0.6) is 0 Å². The van der Waals surface area contributed by atoms with Gasteiger partial charge in [-0.1, -0.05) is 28.5 Å². The predicted molar refractivity (Wildman–Crippen MR) is 37.4 cm³/mol. The van der Waals surface area contributed by atoms with Crippen LogP contribution in [0.4, 0.5) is 0 Å². The van der Waals surface area contributed by atoms with Crippen LogP contribution >= 0.6 is 22.6 Å². The monoisotopic (exact) mass is 230 g/mol. The quantitative estimate of drug-likeness (QED) is 0.310. The molecule has 0 rings (SSSR count). The van der Waals surface area contributed by atoms with Gasteiger partial charge in [0.2, 0.25) is 0 Å². The van der Waals surface area contributed by atoms with Crippen LogP contribution in [0.2, 0.25) is 0 Å². The summed E-state index contributed by atoms with van der Waals surface area (Å²) in [6.45, 7) is 0. The summed E-state index contributed by atoms with van der Waals surface area (Å²) in [6.07, 6.45) is 4.76. The van der Waals surface area contributed by atoms with Crippen LogP contribution in [0.1, 0.15) is 0 Å². The van der Waals surface area contributed by atoms with Gasteiger partial charge in [-0.15, -0.1) is 6.42 Å². The van der Waals surface area contributed by atoms with Gasteiger partial charge in [0.25, 0.3) is 0 Å². The Morgan fingerprint density at radius 1 is 2.00 bits per heavy atom. The molecule has 40 valence electrons. The SMILES string of the molecule is C#CC(I)S(=O)O. The molecule has 0 saturated carbocycles. The van der Waals surface area contributed by atoms with E-state index in [1.54, 1.807) is 22.6 Å². The Morgan fingerprint density at radius 2 is 2.43 bits per heavy atom. The second-order valence-electron chi connectivity index (χ2n) is 0.759. The van der Waals surface area contributed by atoms with Gasteiger partial charge in [-0.25, -0.2) is 4.21 Å². The van der Waals surface area contributed by atoms with E-state index in [4.69, 9.17) is 11.0 Å². The Bertz CT molecular complexity index is 117. The maximum atomic E-state index is 9.89. The van der Waals surface area contributed by atoms with Crippen LogP contribution in [0.25, 0.3) is 0 Å². The summed E-state index contributed by atoms with van der Waals surface area (Å²) >= 11 is -0.151. The first-order chi connectivity index (χ1) is 3.18. The van der Waals surface area contributed by atoms with E-state index in [9.17, 15) is 4.21 Å². The van der Waals surface area contributed by atoms with Crippen molar-refractivity contribution in [3.8, 4) is 12.3 Å². The maximum Gasteiger partial charge on any atom is 0.178 e.